The maximum Gasteiger partial charge on any atom is 0.0558 e. The number of nitrogens with one attached hydrogen (secondary N) is 1. The summed E-state index contributed by atoms with van der Waals surface area (Å²) in [5.41, 5.74) is 0.326. The van der Waals surface area contributed by atoms with Gasteiger partial charge in [0.25, 0.3) is 0 Å². The summed E-state index contributed by atoms with van der Waals surface area (Å²) in [7, 11) is 2.02. The number of nitrogens with zero attached hydrogens (tertiary/aromatic N) is 1. The molecule has 17 heavy (non-hydrogen) atoms. The van der Waals surface area contributed by atoms with Gasteiger partial charge in [0.2, 0.25) is 0 Å². The summed E-state index contributed by atoms with van der Waals surface area (Å²) in [4.78, 5) is 2.41. The maximum atomic E-state index is 9.14. The van der Waals surface area contributed by atoms with E-state index in [0.29, 0.717) is 5.41 Å². The smallest absolute Gasteiger partial charge is 0.0558 e. The first-order valence-electron chi connectivity index (χ1n) is 7.09. The highest BCUT2D eigenvalue weighted by molar-refractivity contribution is 4.80. The molecule has 0 amide bonds. The van der Waals surface area contributed by atoms with Crippen LogP contribution in [0.2, 0.25) is 0 Å². The molecule has 0 aliphatic carbocycles. The fraction of sp³-hybridized carbons (Fsp3) is 1.00. The second-order valence-electron chi connectivity index (χ2n) is 5.44. The van der Waals surface area contributed by atoms with Gasteiger partial charge in [-0.15, -0.1) is 0 Å². The predicted molar refractivity (Wildman–Crippen MR) is 75.4 cm³/mol. The van der Waals surface area contributed by atoms with Crippen molar-refractivity contribution in [1.29, 1.82) is 0 Å². The van der Waals surface area contributed by atoms with Crippen molar-refractivity contribution in [2.75, 3.05) is 39.8 Å². The standard InChI is InChI=1S/C14H32N2O/c1-5-7-9-16(10-11-17)13-14(3,8-6-2)12-15-4/h15,17H,5-13H2,1-4H3. The molecule has 0 rings (SSSR count). The minimum Gasteiger partial charge on any atom is -0.395 e. The Morgan fingerprint density at radius 1 is 1.18 bits per heavy atom. The molecule has 0 bridgehead atoms. The quantitative estimate of drug-likeness (QED) is 0.584. The first-order valence-corrected chi connectivity index (χ1v) is 7.09. The van der Waals surface area contributed by atoms with Crippen LogP contribution < -0.4 is 5.32 Å². The minimum absolute atomic E-state index is 0.269. The van der Waals surface area contributed by atoms with E-state index in [0.717, 1.165) is 26.2 Å². The van der Waals surface area contributed by atoms with E-state index in [9.17, 15) is 0 Å². The molecule has 0 aromatic rings. The molecule has 0 heterocycles. The fourth-order valence-corrected chi connectivity index (χ4v) is 2.59. The van der Waals surface area contributed by atoms with Gasteiger partial charge in [0.15, 0.2) is 0 Å². The summed E-state index contributed by atoms with van der Waals surface area (Å²) < 4.78 is 0. The highest BCUT2D eigenvalue weighted by Gasteiger charge is 2.25. The zero-order chi connectivity index (χ0) is 13.1. The third-order valence-electron chi connectivity index (χ3n) is 3.31. The number of unbranched alkanes of at least 4 members (excludes halogenated alkanes) is 1. The topological polar surface area (TPSA) is 35.5 Å². The second-order valence-corrected chi connectivity index (χ2v) is 5.44. The van der Waals surface area contributed by atoms with Crippen molar-refractivity contribution in [2.24, 2.45) is 5.41 Å². The van der Waals surface area contributed by atoms with E-state index in [2.05, 4.69) is 31.0 Å². The average molecular weight is 244 g/mol. The highest BCUT2D eigenvalue weighted by atomic mass is 16.3. The summed E-state index contributed by atoms with van der Waals surface area (Å²) in [6.45, 7) is 11.1. The van der Waals surface area contributed by atoms with Crippen LogP contribution in [0, 0.1) is 5.41 Å². The first-order chi connectivity index (χ1) is 8.11. The number of aliphatic hydroxyl groups is 1. The molecular formula is C14H32N2O. The van der Waals surface area contributed by atoms with Gasteiger partial charge in [0.05, 0.1) is 6.61 Å². The zero-order valence-electron chi connectivity index (χ0n) is 12.3. The van der Waals surface area contributed by atoms with Crippen molar-refractivity contribution < 1.29 is 5.11 Å². The fourth-order valence-electron chi connectivity index (χ4n) is 2.59. The average Bonchev–Trinajstić information content (AvgIpc) is 2.26. The van der Waals surface area contributed by atoms with Crippen molar-refractivity contribution in [3.63, 3.8) is 0 Å². The summed E-state index contributed by atoms with van der Waals surface area (Å²) in [5.74, 6) is 0. The Kier molecular flexibility index (Phi) is 9.79. The van der Waals surface area contributed by atoms with Crippen molar-refractivity contribution in [1.82, 2.24) is 10.2 Å². The molecule has 0 aliphatic rings. The maximum absolute atomic E-state index is 9.14. The molecule has 0 spiro atoms. The molecule has 0 fully saturated rings. The number of rotatable bonds is 11. The third kappa shape index (κ3) is 7.74. The highest BCUT2D eigenvalue weighted by Crippen LogP contribution is 2.24. The monoisotopic (exact) mass is 244 g/mol. The van der Waals surface area contributed by atoms with E-state index < -0.39 is 0 Å². The normalized spacial score (nSPS) is 15.2. The van der Waals surface area contributed by atoms with E-state index in [4.69, 9.17) is 5.11 Å². The van der Waals surface area contributed by atoms with E-state index in [1.165, 1.54) is 25.7 Å². The van der Waals surface area contributed by atoms with E-state index in [1.54, 1.807) is 0 Å². The van der Waals surface area contributed by atoms with Gasteiger partial charge in [-0.25, -0.2) is 0 Å². The Labute approximate surface area is 108 Å². The molecule has 1 atom stereocenters. The molecule has 104 valence electrons. The number of hydrogen-bond donors (Lipinski definition) is 2. The SMILES string of the molecule is CCCCN(CCO)CC(C)(CCC)CNC. The Balaban J connectivity index is 4.32. The molecule has 3 heteroatoms. The van der Waals surface area contributed by atoms with Crippen molar-refractivity contribution in [3.05, 3.63) is 0 Å². The number of hydrogen-bond acceptors (Lipinski definition) is 3. The Morgan fingerprint density at radius 3 is 2.35 bits per heavy atom. The van der Waals surface area contributed by atoms with E-state index in [1.807, 2.05) is 7.05 Å². The van der Waals surface area contributed by atoms with Gasteiger partial charge in [0.1, 0.15) is 0 Å². The molecule has 1 unspecified atom stereocenters. The van der Waals surface area contributed by atoms with Crippen LogP contribution in [0.15, 0.2) is 0 Å². The lowest BCUT2D eigenvalue weighted by molar-refractivity contribution is 0.125. The lowest BCUT2D eigenvalue weighted by Crippen LogP contribution is -2.43. The van der Waals surface area contributed by atoms with Gasteiger partial charge >= 0.3 is 0 Å². The summed E-state index contributed by atoms with van der Waals surface area (Å²) >= 11 is 0. The van der Waals surface area contributed by atoms with Gasteiger partial charge in [-0.2, -0.15) is 0 Å². The molecule has 0 aromatic heterocycles. The van der Waals surface area contributed by atoms with Crippen LogP contribution in [0.5, 0.6) is 0 Å². The molecule has 0 aliphatic heterocycles. The van der Waals surface area contributed by atoms with Gasteiger partial charge in [-0.1, -0.05) is 33.6 Å². The van der Waals surface area contributed by atoms with Crippen molar-refractivity contribution in [3.8, 4) is 0 Å². The van der Waals surface area contributed by atoms with Crippen LogP contribution in [0.25, 0.3) is 0 Å². The molecule has 3 nitrogen and oxygen atoms in total. The summed E-state index contributed by atoms with van der Waals surface area (Å²) in [6.07, 6.45) is 4.90. The first kappa shape index (κ1) is 16.9. The lowest BCUT2D eigenvalue weighted by atomic mass is 9.84. The van der Waals surface area contributed by atoms with Gasteiger partial charge in [-0.05, 0) is 31.8 Å². The second kappa shape index (κ2) is 9.86. The van der Waals surface area contributed by atoms with Crippen LogP contribution in [0.4, 0.5) is 0 Å². The predicted octanol–water partition coefficient (Wildman–Crippen LogP) is 2.11. The molecular weight excluding hydrogens is 212 g/mol. The molecule has 0 radical (unpaired) electrons. The zero-order valence-corrected chi connectivity index (χ0v) is 12.3. The third-order valence-corrected chi connectivity index (χ3v) is 3.31. The van der Waals surface area contributed by atoms with Crippen LogP contribution in [-0.4, -0.2) is 49.8 Å². The van der Waals surface area contributed by atoms with Crippen LogP contribution in [-0.2, 0) is 0 Å². The van der Waals surface area contributed by atoms with Crippen LogP contribution >= 0.6 is 0 Å². The molecule has 0 saturated carbocycles. The number of aliphatic hydroxyl groups excluding tert-OH is 1. The Hall–Kier alpha value is -0.120. The Morgan fingerprint density at radius 2 is 1.88 bits per heavy atom. The van der Waals surface area contributed by atoms with E-state index >= 15 is 0 Å². The minimum atomic E-state index is 0.269. The van der Waals surface area contributed by atoms with Gasteiger partial charge < -0.3 is 15.3 Å². The molecule has 0 saturated heterocycles. The molecule has 2 N–H and O–H groups in total. The van der Waals surface area contributed by atoms with Crippen LogP contribution in [0.1, 0.15) is 46.5 Å². The summed E-state index contributed by atoms with van der Waals surface area (Å²) in [5, 5.41) is 12.4. The van der Waals surface area contributed by atoms with Crippen LogP contribution in [0.3, 0.4) is 0 Å². The Bertz CT molecular complexity index is 168. The van der Waals surface area contributed by atoms with Crippen molar-refractivity contribution in [2.45, 2.75) is 46.5 Å². The summed E-state index contributed by atoms with van der Waals surface area (Å²) in [6, 6.07) is 0. The van der Waals surface area contributed by atoms with Gasteiger partial charge in [0, 0.05) is 19.6 Å². The largest absolute Gasteiger partial charge is 0.395 e. The van der Waals surface area contributed by atoms with Crippen molar-refractivity contribution >= 4 is 0 Å². The lowest BCUT2D eigenvalue weighted by Gasteiger charge is -2.35. The van der Waals surface area contributed by atoms with E-state index in [-0.39, 0.29) is 6.61 Å². The molecule has 0 aromatic carbocycles. The van der Waals surface area contributed by atoms with Gasteiger partial charge in [-0.3, -0.25) is 0 Å².